The summed E-state index contributed by atoms with van der Waals surface area (Å²) in [5.41, 5.74) is 0. The smallest absolute Gasteiger partial charge is 0.306 e. The molecule has 0 amide bonds. The molecule has 1 atom stereocenters. The van der Waals surface area contributed by atoms with Crippen LogP contribution in [0.25, 0.3) is 0 Å². The Bertz CT molecular complexity index is 976. The first-order valence-electron chi connectivity index (χ1n) is 28.1. The highest BCUT2D eigenvalue weighted by Gasteiger charge is 2.19. The molecule has 0 unspecified atom stereocenters. The molecule has 0 aromatic heterocycles. The van der Waals surface area contributed by atoms with Crippen molar-refractivity contribution < 1.29 is 28.6 Å². The number of esters is 3. The predicted molar refractivity (Wildman–Crippen MR) is 270 cm³/mol. The highest BCUT2D eigenvalue weighted by Crippen LogP contribution is 2.18. The molecule has 0 rings (SSSR count). The van der Waals surface area contributed by atoms with Crippen LogP contribution in [0.3, 0.4) is 0 Å². The van der Waals surface area contributed by atoms with E-state index in [9.17, 15) is 14.4 Å². The van der Waals surface area contributed by atoms with Gasteiger partial charge in [0.25, 0.3) is 0 Å². The third kappa shape index (κ3) is 51.3. The average molecular weight is 892 g/mol. The monoisotopic (exact) mass is 891 g/mol. The van der Waals surface area contributed by atoms with Crippen LogP contribution in [-0.4, -0.2) is 37.2 Å². The Morgan fingerprint density at radius 2 is 0.460 bits per heavy atom. The van der Waals surface area contributed by atoms with Crippen molar-refractivity contribution in [2.45, 2.75) is 317 Å². The molecule has 6 heteroatoms. The summed E-state index contributed by atoms with van der Waals surface area (Å²) in [4.78, 5) is 38.1. The lowest BCUT2D eigenvalue weighted by atomic mass is 10.0. The van der Waals surface area contributed by atoms with Gasteiger partial charge in [-0.05, 0) is 37.0 Å². The Morgan fingerprint density at radius 1 is 0.270 bits per heavy atom. The highest BCUT2D eigenvalue weighted by atomic mass is 16.6. The first-order valence-corrected chi connectivity index (χ1v) is 28.1. The molecule has 0 fully saturated rings. The van der Waals surface area contributed by atoms with Crippen molar-refractivity contribution in [3.05, 3.63) is 0 Å². The van der Waals surface area contributed by atoms with Gasteiger partial charge in [-0.15, -0.1) is 0 Å². The summed E-state index contributed by atoms with van der Waals surface area (Å²) in [6, 6.07) is 0. The quantitative estimate of drug-likeness (QED) is 0.0344. The number of hydrogen-bond donors (Lipinski definition) is 0. The summed E-state index contributed by atoms with van der Waals surface area (Å²) >= 11 is 0. The Hall–Kier alpha value is -1.59. The number of hydrogen-bond acceptors (Lipinski definition) is 6. The Labute approximate surface area is 393 Å². The van der Waals surface area contributed by atoms with Crippen LogP contribution in [0, 0.1) is 17.8 Å². The second-order valence-corrected chi connectivity index (χ2v) is 21.0. The molecule has 0 radical (unpaired) electrons. The van der Waals surface area contributed by atoms with Gasteiger partial charge in [0, 0.05) is 19.3 Å². The van der Waals surface area contributed by atoms with Gasteiger partial charge < -0.3 is 14.2 Å². The van der Waals surface area contributed by atoms with Gasteiger partial charge >= 0.3 is 17.9 Å². The van der Waals surface area contributed by atoms with Crippen molar-refractivity contribution in [3.8, 4) is 0 Å². The standard InChI is InChI=1S/C57H110O6/c1-51(2)43-37-31-25-19-13-9-7-11-15-22-28-34-40-46-55(58)61-49-54(50-62-56(59)47-41-35-29-23-18-17-21-27-33-39-45-53(5)6)63-57(60)48-42-36-30-24-16-12-8-10-14-20-26-32-38-44-52(3)4/h51-54H,7-50H2,1-6H3/t54-/m1/s1. The Balaban J connectivity index is 4.31. The minimum Gasteiger partial charge on any atom is -0.462 e. The van der Waals surface area contributed by atoms with E-state index in [4.69, 9.17) is 14.2 Å². The van der Waals surface area contributed by atoms with Gasteiger partial charge in [-0.25, -0.2) is 0 Å². The minimum atomic E-state index is -0.763. The van der Waals surface area contributed by atoms with Crippen molar-refractivity contribution in [2.24, 2.45) is 17.8 Å². The van der Waals surface area contributed by atoms with Gasteiger partial charge in [0.1, 0.15) is 13.2 Å². The molecule has 0 aliphatic carbocycles. The van der Waals surface area contributed by atoms with E-state index < -0.39 is 6.10 Å². The van der Waals surface area contributed by atoms with Gasteiger partial charge in [-0.2, -0.15) is 0 Å². The van der Waals surface area contributed by atoms with Crippen LogP contribution >= 0.6 is 0 Å². The SMILES string of the molecule is CC(C)CCCCCCCCCCCCCCCC(=O)OC[C@H](COC(=O)CCCCCCCCCCCCC(C)C)OC(=O)CCCCCCCCCCCCCCCC(C)C. The molecule has 0 spiro atoms. The normalized spacial score (nSPS) is 12.1. The zero-order chi connectivity index (χ0) is 46.3. The topological polar surface area (TPSA) is 78.9 Å². The maximum atomic E-state index is 12.8. The third-order valence-corrected chi connectivity index (χ3v) is 12.9. The molecule has 0 aliphatic heterocycles. The van der Waals surface area contributed by atoms with Crippen molar-refractivity contribution in [1.82, 2.24) is 0 Å². The number of rotatable bonds is 50. The summed E-state index contributed by atoms with van der Waals surface area (Å²) in [7, 11) is 0. The maximum absolute atomic E-state index is 12.8. The van der Waals surface area contributed by atoms with Crippen LogP contribution in [0.5, 0.6) is 0 Å². The van der Waals surface area contributed by atoms with Crippen LogP contribution in [-0.2, 0) is 28.6 Å². The summed E-state index contributed by atoms with van der Waals surface area (Å²) in [6.07, 6.45) is 49.5. The van der Waals surface area contributed by atoms with Crippen LogP contribution < -0.4 is 0 Å². The second-order valence-electron chi connectivity index (χ2n) is 21.0. The van der Waals surface area contributed by atoms with Crippen molar-refractivity contribution in [3.63, 3.8) is 0 Å². The number of ether oxygens (including phenoxy) is 3. The second kappa shape index (κ2) is 48.3. The van der Waals surface area contributed by atoms with E-state index in [0.717, 1.165) is 75.5 Å². The van der Waals surface area contributed by atoms with Gasteiger partial charge in [-0.1, -0.05) is 273 Å². The Morgan fingerprint density at radius 3 is 0.683 bits per heavy atom. The lowest BCUT2D eigenvalue weighted by molar-refractivity contribution is -0.167. The van der Waals surface area contributed by atoms with E-state index in [1.807, 2.05) is 0 Å². The summed E-state index contributed by atoms with van der Waals surface area (Å²) in [5.74, 6) is 1.65. The molecular weight excluding hydrogens is 781 g/mol. The molecular formula is C57H110O6. The fraction of sp³-hybridized carbons (Fsp3) is 0.947. The van der Waals surface area contributed by atoms with E-state index in [1.165, 1.54) is 193 Å². The average Bonchev–Trinajstić information content (AvgIpc) is 3.24. The van der Waals surface area contributed by atoms with E-state index in [-0.39, 0.29) is 31.1 Å². The minimum absolute atomic E-state index is 0.0638. The maximum Gasteiger partial charge on any atom is 0.306 e. The summed E-state index contributed by atoms with van der Waals surface area (Å²) in [5, 5.41) is 0. The molecule has 374 valence electrons. The van der Waals surface area contributed by atoms with Crippen LogP contribution in [0.1, 0.15) is 311 Å². The zero-order valence-corrected chi connectivity index (χ0v) is 43.4. The van der Waals surface area contributed by atoms with E-state index in [0.29, 0.717) is 19.3 Å². The van der Waals surface area contributed by atoms with Crippen molar-refractivity contribution >= 4 is 17.9 Å². The van der Waals surface area contributed by atoms with E-state index in [2.05, 4.69) is 41.5 Å². The highest BCUT2D eigenvalue weighted by molar-refractivity contribution is 5.71. The zero-order valence-electron chi connectivity index (χ0n) is 43.4. The van der Waals surface area contributed by atoms with Gasteiger partial charge in [0.05, 0.1) is 0 Å². The summed E-state index contributed by atoms with van der Waals surface area (Å²) in [6.45, 7) is 13.7. The first-order chi connectivity index (χ1) is 30.6. The molecule has 0 aromatic rings. The molecule has 0 saturated heterocycles. The van der Waals surface area contributed by atoms with Crippen molar-refractivity contribution in [1.29, 1.82) is 0 Å². The molecule has 0 aliphatic rings. The first kappa shape index (κ1) is 61.4. The Kier molecular flexibility index (Phi) is 47.1. The van der Waals surface area contributed by atoms with Crippen molar-refractivity contribution in [2.75, 3.05) is 13.2 Å². The van der Waals surface area contributed by atoms with Gasteiger partial charge in [0.2, 0.25) is 0 Å². The molecule has 0 saturated carbocycles. The molecule has 0 N–H and O–H groups in total. The largest absolute Gasteiger partial charge is 0.462 e. The van der Waals surface area contributed by atoms with Gasteiger partial charge in [-0.3, -0.25) is 14.4 Å². The number of carbonyl (C=O) groups is 3. The molecule has 0 aromatic carbocycles. The third-order valence-electron chi connectivity index (χ3n) is 12.9. The van der Waals surface area contributed by atoms with Crippen LogP contribution in [0.15, 0.2) is 0 Å². The van der Waals surface area contributed by atoms with E-state index >= 15 is 0 Å². The number of unbranched alkanes of at least 4 members (excludes halogenated alkanes) is 33. The fourth-order valence-corrected chi connectivity index (χ4v) is 8.65. The fourth-order valence-electron chi connectivity index (χ4n) is 8.65. The molecule has 63 heavy (non-hydrogen) atoms. The van der Waals surface area contributed by atoms with E-state index in [1.54, 1.807) is 0 Å². The predicted octanol–water partition coefficient (Wildman–Crippen LogP) is 18.3. The van der Waals surface area contributed by atoms with Crippen LogP contribution in [0.4, 0.5) is 0 Å². The van der Waals surface area contributed by atoms with Crippen LogP contribution in [0.2, 0.25) is 0 Å². The lowest BCUT2D eigenvalue weighted by Crippen LogP contribution is -2.30. The number of carbonyl (C=O) groups excluding carboxylic acids is 3. The lowest BCUT2D eigenvalue weighted by Gasteiger charge is -2.18. The molecule has 0 heterocycles. The summed E-state index contributed by atoms with van der Waals surface area (Å²) < 4.78 is 16.9. The molecule has 0 bridgehead atoms. The molecule has 6 nitrogen and oxygen atoms in total. The van der Waals surface area contributed by atoms with Gasteiger partial charge in [0.15, 0.2) is 6.10 Å².